The summed E-state index contributed by atoms with van der Waals surface area (Å²) in [5.74, 6) is 1.58. The molecule has 0 aromatic carbocycles. The molecular formula is C9H15NO. The number of hydrogen-bond donors (Lipinski definition) is 1. The third-order valence-electron chi connectivity index (χ3n) is 3.19. The van der Waals surface area contributed by atoms with E-state index >= 15 is 0 Å². The molecule has 2 fully saturated rings. The molecule has 0 saturated heterocycles. The van der Waals surface area contributed by atoms with Crippen molar-refractivity contribution in [2.75, 3.05) is 0 Å². The lowest BCUT2D eigenvalue weighted by molar-refractivity contribution is 0.257. The number of oxime groups is 1. The number of hydrogen-bond acceptors (Lipinski definition) is 2. The quantitative estimate of drug-likeness (QED) is 0.420. The number of fused-ring (bicyclic) bond motifs is 2. The van der Waals surface area contributed by atoms with Gasteiger partial charge in [-0.15, -0.1) is 0 Å². The fourth-order valence-electron chi connectivity index (χ4n) is 2.54. The van der Waals surface area contributed by atoms with Crippen molar-refractivity contribution in [2.24, 2.45) is 17.0 Å². The molecule has 2 nitrogen and oxygen atoms in total. The monoisotopic (exact) mass is 153 g/mol. The molecule has 0 heterocycles. The van der Waals surface area contributed by atoms with Crippen molar-refractivity contribution in [1.29, 1.82) is 0 Å². The minimum absolute atomic E-state index is 0.632. The van der Waals surface area contributed by atoms with Crippen molar-refractivity contribution in [3.63, 3.8) is 0 Å². The van der Waals surface area contributed by atoms with E-state index in [9.17, 15) is 0 Å². The highest BCUT2D eigenvalue weighted by Crippen LogP contribution is 2.38. The zero-order valence-corrected chi connectivity index (χ0v) is 6.79. The first-order chi connectivity index (χ1) is 5.40. The van der Waals surface area contributed by atoms with Crippen molar-refractivity contribution in [3.8, 4) is 0 Å². The first-order valence-electron chi connectivity index (χ1n) is 4.61. The van der Waals surface area contributed by atoms with Crippen LogP contribution in [0.5, 0.6) is 0 Å². The highest BCUT2D eigenvalue weighted by Gasteiger charge is 2.30. The molecule has 0 aromatic heterocycles. The smallest absolute Gasteiger partial charge is 0.0601 e. The van der Waals surface area contributed by atoms with E-state index in [1.165, 1.54) is 32.1 Å². The van der Waals surface area contributed by atoms with E-state index in [2.05, 4.69) is 5.16 Å². The molecule has 2 bridgehead atoms. The molecule has 2 aliphatic carbocycles. The molecule has 2 rings (SSSR count). The molecule has 0 unspecified atom stereocenters. The third-order valence-corrected chi connectivity index (χ3v) is 3.19. The minimum atomic E-state index is 0.632. The van der Waals surface area contributed by atoms with Crippen LogP contribution in [-0.2, 0) is 0 Å². The van der Waals surface area contributed by atoms with Gasteiger partial charge in [-0.05, 0) is 31.6 Å². The first kappa shape index (κ1) is 7.14. The lowest BCUT2D eigenvalue weighted by Crippen LogP contribution is -2.28. The SMILES string of the molecule is O/N=C1/CC[C@H]2CCC[C@@H]1C2. The largest absolute Gasteiger partial charge is 0.411 e. The van der Waals surface area contributed by atoms with E-state index < -0.39 is 0 Å². The predicted molar refractivity (Wildman–Crippen MR) is 43.9 cm³/mol. The highest BCUT2D eigenvalue weighted by atomic mass is 16.4. The molecule has 62 valence electrons. The minimum Gasteiger partial charge on any atom is -0.411 e. The predicted octanol–water partition coefficient (Wildman–Crippen LogP) is 2.42. The maximum absolute atomic E-state index is 8.69. The summed E-state index contributed by atoms with van der Waals surface area (Å²) in [6.45, 7) is 0. The van der Waals surface area contributed by atoms with Crippen molar-refractivity contribution in [3.05, 3.63) is 0 Å². The molecule has 0 radical (unpaired) electrons. The normalized spacial score (nSPS) is 40.9. The van der Waals surface area contributed by atoms with Gasteiger partial charge in [0, 0.05) is 5.92 Å². The van der Waals surface area contributed by atoms with Crippen LogP contribution in [-0.4, -0.2) is 10.9 Å². The van der Waals surface area contributed by atoms with Crippen LogP contribution in [0.25, 0.3) is 0 Å². The van der Waals surface area contributed by atoms with Crippen LogP contribution in [0.2, 0.25) is 0 Å². The highest BCUT2D eigenvalue weighted by molar-refractivity contribution is 5.87. The molecule has 0 amide bonds. The zero-order chi connectivity index (χ0) is 7.68. The molecular weight excluding hydrogens is 138 g/mol. The maximum Gasteiger partial charge on any atom is 0.0601 e. The van der Waals surface area contributed by atoms with Gasteiger partial charge in [0.1, 0.15) is 0 Å². The van der Waals surface area contributed by atoms with Crippen molar-refractivity contribution in [2.45, 2.75) is 38.5 Å². The van der Waals surface area contributed by atoms with Gasteiger partial charge in [0.05, 0.1) is 5.71 Å². The number of rotatable bonds is 0. The zero-order valence-electron chi connectivity index (χ0n) is 6.79. The summed E-state index contributed by atoms with van der Waals surface area (Å²) in [6, 6.07) is 0. The standard InChI is InChI=1S/C9H15NO/c11-10-9-5-4-7-2-1-3-8(9)6-7/h7-8,11H,1-6H2/b10-9-/t7-,8-/m1/s1. The van der Waals surface area contributed by atoms with E-state index in [-0.39, 0.29) is 0 Å². The molecule has 0 spiro atoms. The summed E-state index contributed by atoms with van der Waals surface area (Å²) in [6.07, 6.45) is 7.61. The molecule has 0 aromatic rings. The molecule has 0 aliphatic heterocycles. The lowest BCUT2D eigenvalue weighted by atomic mass is 9.71. The van der Waals surface area contributed by atoms with Gasteiger partial charge in [-0.25, -0.2) is 0 Å². The summed E-state index contributed by atoms with van der Waals surface area (Å²) in [5.41, 5.74) is 1.07. The molecule has 1 N–H and O–H groups in total. The van der Waals surface area contributed by atoms with E-state index in [0.29, 0.717) is 5.92 Å². The van der Waals surface area contributed by atoms with E-state index in [1.54, 1.807) is 0 Å². The van der Waals surface area contributed by atoms with Gasteiger partial charge in [-0.1, -0.05) is 18.0 Å². The van der Waals surface area contributed by atoms with Gasteiger partial charge in [-0.3, -0.25) is 0 Å². The summed E-state index contributed by atoms with van der Waals surface area (Å²) in [5, 5.41) is 12.1. The second-order valence-electron chi connectivity index (χ2n) is 3.86. The van der Waals surface area contributed by atoms with E-state index in [4.69, 9.17) is 5.21 Å². The molecule has 2 atom stereocenters. The second-order valence-corrected chi connectivity index (χ2v) is 3.86. The molecule has 2 heteroatoms. The van der Waals surface area contributed by atoms with Gasteiger partial charge < -0.3 is 5.21 Å². The van der Waals surface area contributed by atoms with Crippen LogP contribution in [0, 0.1) is 11.8 Å². The van der Waals surface area contributed by atoms with Crippen LogP contribution in [0.1, 0.15) is 38.5 Å². The van der Waals surface area contributed by atoms with Crippen LogP contribution in [0.15, 0.2) is 5.16 Å². The van der Waals surface area contributed by atoms with Crippen molar-refractivity contribution < 1.29 is 5.21 Å². The molecule has 2 saturated carbocycles. The average Bonchev–Trinajstić information content (AvgIpc) is 2.06. The molecule has 11 heavy (non-hydrogen) atoms. The summed E-state index contributed by atoms with van der Waals surface area (Å²) in [4.78, 5) is 0. The van der Waals surface area contributed by atoms with Crippen molar-refractivity contribution in [1.82, 2.24) is 0 Å². The average molecular weight is 153 g/mol. The van der Waals surface area contributed by atoms with E-state index in [1.807, 2.05) is 0 Å². The lowest BCUT2D eigenvalue weighted by Gasteiger charge is -2.34. The summed E-state index contributed by atoms with van der Waals surface area (Å²) < 4.78 is 0. The van der Waals surface area contributed by atoms with Gasteiger partial charge in [0.15, 0.2) is 0 Å². The van der Waals surface area contributed by atoms with Gasteiger partial charge in [0.25, 0.3) is 0 Å². The Morgan fingerprint density at radius 2 is 2.18 bits per heavy atom. The van der Waals surface area contributed by atoms with Crippen LogP contribution < -0.4 is 0 Å². The topological polar surface area (TPSA) is 32.6 Å². The second kappa shape index (κ2) is 2.84. The van der Waals surface area contributed by atoms with E-state index in [0.717, 1.165) is 18.1 Å². The van der Waals surface area contributed by atoms with Gasteiger partial charge in [-0.2, -0.15) is 0 Å². The number of nitrogens with zero attached hydrogens (tertiary/aromatic N) is 1. The Labute approximate surface area is 67.3 Å². The summed E-state index contributed by atoms with van der Waals surface area (Å²) in [7, 11) is 0. The Kier molecular flexibility index (Phi) is 1.84. The first-order valence-corrected chi connectivity index (χ1v) is 4.61. The third kappa shape index (κ3) is 1.26. The fourth-order valence-corrected chi connectivity index (χ4v) is 2.54. The Balaban J connectivity index is 2.08. The Bertz CT molecular complexity index is 176. The summed E-state index contributed by atoms with van der Waals surface area (Å²) >= 11 is 0. The van der Waals surface area contributed by atoms with Gasteiger partial charge >= 0.3 is 0 Å². The Morgan fingerprint density at radius 3 is 3.00 bits per heavy atom. The van der Waals surface area contributed by atoms with Gasteiger partial charge in [0.2, 0.25) is 0 Å². The maximum atomic E-state index is 8.69. The Morgan fingerprint density at radius 1 is 1.27 bits per heavy atom. The fraction of sp³-hybridized carbons (Fsp3) is 0.889. The molecule has 2 aliphatic rings. The van der Waals surface area contributed by atoms with Crippen LogP contribution in [0.3, 0.4) is 0 Å². The Hall–Kier alpha value is -0.530. The van der Waals surface area contributed by atoms with Crippen LogP contribution in [0.4, 0.5) is 0 Å². The van der Waals surface area contributed by atoms with Crippen molar-refractivity contribution >= 4 is 5.71 Å². The van der Waals surface area contributed by atoms with Crippen LogP contribution >= 0.6 is 0 Å².